The summed E-state index contributed by atoms with van der Waals surface area (Å²) in [5.74, 6) is -1.44. The van der Waals surface area contributed by atoms with E-state index in [-0.39, 0.29) is 40.9 Å². The molecule has 0 bridgehead atoms. The van der Waals surface area contributed by atoms with Gasteiger partial charge in [0.1, 0.15) is 17.3 Å². The molecule has 4 rings (SSSR count). The number of halogens is 2. The van der Waals surface area contributed by atoms with Crippen molar-refractivity contribution in [1.29, 1.82) is 0 Å². The van der Waals surface area contributed by atoms with E-state index in [1.54, 1.807) is 12.4 Å². The van der Waals surface area contributed by atoms with Crippen molar-refractivity contribution in [3.05, 3.63) is 71.7 Å². The number of nitrogens with two attached hydrogens (primary N) is 2. The van der Waals surface area contributed by atoms with Crippen molar-refractivity contribution in [2.45, 2.75) is 25.8 Å². The Hall–Kier alpha value is -3.39. The van der Waals surface area contributed by atoms with Gasteiger partial charge in [0.2, 0.25) is 0 Å². The highest BCUT2D eigenvalue weighted by Gasteiger charge is 2.25. The Morgan fingerprint density at radius 2 is 1.91 bits per heavy atom. The van der Waals surface area contributed by atoms with Crippen LogP contribution in [0.3, 0.4) is 0 Å². The van der Waals surface area contributed by atoms with Crippen LogP contribution in [-0.2, 0) is 6.42 Å². The largest absolute Gasteiger partial charge is 0.397 e. The zero-order valence-electron chi connectivity index (χ0n) is 17.8. The minimum atomic E-state index is -0.759. The summed E-state index contributed by atoms with van der Waals surface area (Å²) in [5, 5.41) is 0. The van der Waals surface area contributed by atoms with Gasteiger partial charge in [-0.3, -0.25) is 9.78 Å². The number of rotatable bonds is 5. The SMILES string of the molecule is CC1CC(N)CN(c2ccncc2CC(=O)c2nc(-c3c(F)cccc3F)ccc2N)C1. The Labute approximate surface area is 185 Å². The number of nitrogens with zero attached hydrogens (tertiary/aromatic N) is 3. The van der Waals surface area contributed by atoms with Gasteiger partial charge in [0.05, 0.1) is 16.9 Å². The summed E-state index contributed by atoms with van der Waals surface area (Å²) < 4.78 is 28.4. The van der Waals surface area contributed by atoms with Crippen molar-refractivity contribution in [3.8, 4) is 11.3 Å². The van der Waals surface area contributed by atoms with Gasteiger partial charge in [0, 0.05) is 49.2 Å². The molecule has 1 aromatic carbocycles. The van der Waals surface area contributed by atoms with Crippen LogP contribution in [0.5, 0.6) is 0 Å². The fraction of sp³-hybridized carbons (Fsp3) is 0.292. The molecule has 1 saturated heterocycles. The van der Waals surface area contributed by atoms with Crippen LogP contribution in [0.4, 0.5) is 20.2 Å². The second-order valence-electron chi connectivity index (χ2n) is 8.34. The van der Waals surface area contributed by atoms with E-state index in [1.807, 2.05) is 6.07 Å². The second kappa shape index (κ2) is 9.00. The van der Waals surface area contributed by atoms with E-state index in [0.717, 1.165) is 36.3 Å². The third-order valence-corrected chi connectivity index (χ3v) is 5.67. The topological polar surface area (TPSA) is 98.1 Å². The number of anilines is 2. The molecular formula is C24H25F2N5O. The number of benzene rings is 1. The normalized spacial score (nSPS) is 18.6. The Kier molecular flexibility index (Phi) is 6.14. The first-order valence-corrected chi connectivity index (χ1v) is 10.5. The molecule has 4 N–H and O–H groups in total. The van der Waals surface area contributed by atoms with Gasteiger partial charge in [0.15, 0.2) is 5.78 Å². The first kappa shape index (κ1) is 21.8. The Bertz CT molecular complexity index is 1120. The van der Waals surface area contributed by atoms with Crippen molar-refractivity contribution in [2.24, 2.45) is 11.7 Å². The number of ketones is 1. The predicted molar refractivity (Wildman–Crippen MR) is 120 cm³/mol. The van der Waals surface area contributed by atoms with E-state index in [2.05, 4.69) is 21.8 Å². The van der Waals surface area contributed by atoms with E-state index >= 15 is 0 Å². The number of nitrogen functional groups attached to an aromatic ring is 1. The molecule has 2 unspecified atom stereocenters. The molecule has 0 radical (unpaired) electrons. The highest BCUT2D eigenvalue weighted by molar-refractivity contribution is 6.01. The number of aromatic nitrogens is 2. The van der Waals surface area contributed by atoms with E-state index in [0.29, 0.717) is 12.5 Å². The quantitative estimate of drug-likeness (QED) is 0.592. The first-order valence-electron chi connectivity index (χ1n) is 10.5. The van der Waals surface area contributed by atoms with E-state index in [4.69, 9.17) is 11.5 Å². The molecule has 3 aromatic rings. The monoisotopic (exact) mass is 437 g/mol. The van der Waals surface area contributed by atoms with Crippen LogP contribution in [0, 0.1) is 17.6 Å². The molecule has 6 nitrogen and oxygen atoms in total. The fourth-order valence-electron chi connectivity index (χ4n) is 4.29. The molecule has 1 aliphatic rings. The van der Waals surface area contributed by atoms with Crippen LogP contribution in [0.25, 0.3) is 11.3 Å². The number of carbonyl (C=O) groups excluding carboxylic acids is 1. The van der Waals surface area contributed by atoms with E-state index in [9.17, 15) is 13.6 Å². The lowest BCUT2D eigenvalue weighted by Gasteiger charge is -2.37. The molecule has 1 aliphatic heterocycles. The van der Waals surface area contributed by atoms with Crippen molar-refractivity contribution in [2.75, 3.05) is 23.7 Å². The highest BCUT2D eigenvalue weighted by Crippen LogP contribution is 2.29. The maximum Gasteiger partial charge on any atom is 0.187 e. The molecule has 1 fully saturated rings. The summed E-state index contributed by atoms with van der Waals surface area (Å²) in [5.41, 5.74) is 13.7. The zero-order chi connectivity index (χ0) is 22.8. The Balaban J connectivity index is 1.65. The summed E-state index contributed by atoms with van der Waals surface area (Å²) in [6.45, 7) is 3.68. The molecule has 3 heterocycles. The molecule has 2 aromatic heterocycles. The predicted octanol–water partition coefficient (Wildman–Crippen LogP) is 3.60. The van der Waals surface area contributed by atoms with Crippen LogP contribution in [0.1, 0.15) is 29.4 Å². The van der Waals surface area contributed by atoms with E-state index < -0.39 is 11.6 Å². The fourth-order valence-corrected chi connectivity index (χ4v) is 4.29. The summed E-state index contributed by atoms with van der Waals surface area (Å²) in [6.07, 6.45) is 4.29. The Morgan fingerprint density at radius 1 is 1.16 bits per heavy atom. The van der Waals surface area contributed by atoms with Gasteiger partial charge in [-0.25, -0.2) is 13.8 Å². The molecule has 8 heteroatoms. The molecule has 0 aliphatic carbocycles. The maximum absolute atomic E-state index is 14.2. The van der Waals surface area contributed by atoms with Crippen LogP contribution in [-0.4, -0.2) is 34.9 Å². The highest BCUT2D eigenvalue weighted by atomic mass is 19.1. The average molecular weight is 437 g/mol. The summed E-state index contributed by atoms with van der Waals surface area (Å²) in [7, 11) is 0. The van der Waals surface area contributed by atoms with Gasteiger partial charge in [-0.2, -0.15) is 0 Å². The molecule has 0 amide bonds. The smallest absolute Gasteiger partial charge is 0.187 e. The summed E-state index contributed by atoms with van der Waals surface area (Å²) in [6, 6.07) is 8.33. The van der Waals surface area contributed by atoms with Crippen molar-refractivity contribution in [1.82, 2.24) is 9.97 Å². The number of hydrogen-bond acceptors (Lipinski definition) is 6. The third-order valence-electron chi connectivity index (χ3n) is 5.67. The van der Waals surface area contributed by atoms with Gasteiger partial charge in [0.25, 0.3) is 0 Å². The van der Waals surface area contributed by atoms with Crippen molar-refractivity contribution >= 4 is 17.2 Å². The molecule has 166 valence electrons. The maximum atomic E-state index is 14.2. The average Bonchev–Trinajstić information content (AvgIpc) is 2.74. The second-order valence-corrected chi connectivity index (χ2v) is 8.34. The summed E-state index contributed by atoms with van der Waals surface area (Å²) in [4.78, 5) is 23.7. The van der Waals surface area contributed by atoms with Crippen LogP contribution in [0.2, 0.25) is 0 Å². The van der Waals surface area contributed by atoms with Gasteiger partial charge >= 0.3 is 0 Å². The van der Waals surface area contributed by atoms with Gasteiger partial charge in [-0.1, -0.05) is 13.0 Å². The van der Waals surface area contributed by atoms with E-state index in [1.165, 1.54) is 18.2 Å². The van der Waals surface area contributed by atoms with Crippen LogP contribution < -0.4 is 16.4 Å². The number of piperidine rings is 1. The molecule has 0 spiro atoms. The van der Waals surface area contributed by atoms with Gasteiger partial charge in [-0.05, 0) is 42.7 Å². The Morgan fingerprint density at radius 3 is 2.62 bits per heavy atom. The minimum Gasteiger partial charge on any atom is -0.397 e. The first-order chi connectivity index (χ1) is 15.3. The number of hydrogen-bond donors (Lipinski definition) is 2. The van der Waals surface area contributed by atoms with Crippen molar-refractivity contribution < 1.29 is 13.6 Å². The van der Waals surface area contributed by atoms with Gasteiger partial charge < -0.3 is 16.4 Å². The lowest BCUT2D eigenvalue weighted by atomic mass is 9.95. The number of Topliss-reactive ketones (excluding diaryl/α,β-unsaturated/α-hetero) is 1. The summed E-state index contributed by atoms with van der Waals surface area (Å²) >= 11 is 0. The third kappa shape index (κ3) is 4.45. The molecule has 2 atom stereocenters. The van der Waals surface area contributed by atoms with Crippen molar-refractivity contribution in [3.63, 3.8) is 0 Å². The molecular weight excluding hydrogens is 412 g/mol. The molecule has 0 saturated carbocycles. The molecule has 32 heavy (non-hydrogen) atoms. The number of carbonyl (C=O) groups is 1. The lowest BCUT2D eigenvalue weighted by Crippen LogP contribution is -2.46. The minimum absolute atomic E-state index is 0.00367. The lowest BCUT2D eigenvalue weighted by molar-refractivity contribution is 0.0989. The number of pyridine rings is 2. The zero-order valence-corrected chi connectivity index (χ0v) is 17.8. The van der Waals surface area contributed by atoms with Gasteiger partial charge in [-0.15, -0.1) is 0 Å². The van der Waals surface area contributed by atoms with Crippen LogP contribution in [0.15, 0.2) is 48.8 Å². The van der Waals surface area contributed by atoms with Crippen LogP contribution >= 0.6 is 0 Å². The standard InChI is InChI=1S/C24H25F2N5O/c1-14-9-16(27)13-31(12-14)21-7-8-29-11-15(21)10-22(32)24-19(28)5-6-20(30-24)23-17(25)3-2-4-18(23)26/h2-8,11,14,16H,9-10,12-13,27-28H2,1H3.